The summed E-state index contributed by atoms with van der Waals surface area (Å²) in [6.45, 7) is 2.51. The second-order valence-electron chi connectivity index (χ2n) is 7.88. The maximum atomic E-state index is 10.3. The van der Waals surface area contributed by atoms with Crippen LogP contribution in [-0.2, 0) is 13.0 Å². The third-order valence-corrected chi connectivity index (χ3v) is 5.65. The number of rotatable bonds is 7. The molecule has 4 rings (SSSR count). The van der Waals surface area contributed by atoms with Gasteiger partial charge in [-0.05, 0) is 43.5 Å². The largest absolute Gasteiger partial charge is 0.497 e. The number of aliphatic hydroxyl groups is 1. The Kier molecular flexibility index (Phi) is 5.92. The van der Waals surface area contributed by atoms with Gasteiger partial charge in [-0.2, -0.15) is 4.98 Å². The average molecular weight is 393 g/mol. The first-order valence-corrected chi connectivity index (χ1v) is 10.0. The molecule has 1 N–H and O–H groups in total. The van der Waals surface area contributed by atoms with E-state index in [1.165, 1.54) is 5.56 Å². The lowest BCUT2D eigenvalue weighted by Crippen LogP contribution is -2.46. The monoisotopic (exact) mass is 393 g/mol. The van der Waals surface area contributed by atoms with E-state index in [2.05, 4.69) is 27.2 Å². The molecule has 1 fully saturated rings. The number of aliphatic hydroxyl groups excluding tert-OH is 1. The number of hydrogen-bond donors (Lipinski definition) is 1. The highest BCUT2D eigenvalue weighted by Gasteiger charge is 2.35. The molecule has 2 aromatic carbocycles. The fourth-order valence-electron chi connectivity index (χ4n) is 4.20. The van der Waals surface area contributed by atoms with Crippen LogP contribution < -0.4 is 4.74 Å². The summed E-state index contributed by atoms with van der Waals surface area (Å²) in [6, 6.07) is 17.9. The average Bonchev–Trinajstić information content (AvgIpc) is 3.23. The van der Waals surface area contributed by atoms with Gasteiger partial charge in [-0.1, -0.05) is 47.6 Å². The SMILES string of the molecule is COc1cccc(C[C@]2(CO)CCCN(Cc3nc(-c4ccccc4)no3)C2)c1. The van der Waals surface area contributed by atoms with E-state index in [1.807, 2.05) is 42.5 Å². The third kappa shape index (κ3) is 4.66. The van der Waals surface area contributed by atoms with Crippen LogP contribution in [0.15, 0.2) is 59.1 Å². The Morgan fingerprint density at radius 2 is 2.03 bits per heavy atom. The van der Waals surface area contributed by atoms with E-state index in [4.69, 9.17) is 9.26 Å². The molecule has 2 heterocycles. The number of likely N-dealkylation sites (tertiary alicyclic amines) is 1. The van der Waals surface area contributed by atoms with Gasteiger partial charge in [0.1, 0.15) is 5.75 Å². The van der Waals surface area contributed by atoms with Crippen molar-refractivity contribution < 1.29 is 14.4 Å². The van der Waals surface area contributed by atoms with Crippen LogP contribution >= 0.6 is 0 Å². The van der Waals surface area contributed by atoms with Crippen molar-refractivity contribution in [2.45, 2.75) is 25.8 Å². The van der Waals surface area contributed by atoms with E-state index in [9.17, 15) is 5.11 Å². The van der Waals surface area contributed by atoms with E-state index >= 15 is 0 Å². The Morgan fingerprint density at radius 1 is 1.17 bits per heavy atom. The molecule has 1 atom stereocenters. The molecule has 1 aliphatic rings. The summed E-state index contributed by atoms with van der Waals surface area (Å²) < 4.78 is 10.8. The van der Waals surface area contributed by atoms with Gasteiger partial charge in [0, 0.05) is 17.5 Å². The van der Waals surface area contributed by atoms with Crippen molar-refractivity contribution in [1.29, 1.82) is 0 Å². The summed E-state index contributed by atoms with van der Waals surface area (Å²) in [5.41, 5.74) is 1.96. The molecule has 1 aliphatic heterocycles. The molecule has 1 saturated heterocycles. The van der Waals surface area contributed by atoms with Crippen molar-refractivity contribution in [3.8, 4) is 17.1 Å². The number of aromatic nitrogens is 2. The number of nitrogens with zero attached hydrogens (tertiary/aromatic N) is 3. The van der Waals surface area contributed by atoms with Gasteiger partial charge in [-0.3, -0.25) is 4.90 Å². The highest BCUT2D eigenvalue weighted by molar-refractivity contribution is 5.53. The van der Waals surface area contributed by atoms with Crippen molar-refractivity contribution in [3.63, 3.8) is 0 Å². The van der Waals surface area contributed by atoms with E-state index in [0.29, 0.717) is 18.3 Å². The van der Waals surface area contributed by atoms with Crippen molar-refractivity contribution in [1.82, 2.24) is 15.0 Å². The molecule has 0 unspecified atom stereocenters. The van der Waals surface area contributed by atoms with Crippen LogP contribution in [0.25, 0.3) is 11.4 Å². The maximum absolute atomic E-state index is 10.3. The standard InChI is InChI=1S/C23H27N3O3/c1-28-20-10-5-7-18(13-20)14-23(17-27)11-6-12-26(16-23)15-21-24-22(25-29-21)19-8-3-2-4-9-19/h2-5,7-10,13,27H,6,11-12,14-17H2,1H3/t23-/m1/s1. The molecule has 1 aromatic heterocycles. The minimum atomic E-state index is -0.174. The molecular weight excluding hydrogens is 366 g/mol. The second kappa shape index (κ2) is 8.76. The van der Waals surface area contributed by atoms with Gasteiger partial charge in [-0.15, -0.1) is 0 Å². The molecule has 29 heavy (non-hydrogen) atoms. The van der Waals surface area contributed by atoms with Crippen molar-refractivity contribution in [2.75, 3.05) is 26.8 Å². The fraction of sp³-hybridized carbons (Fsp3) is 0.391. The van der Waals surface area contributed by atoms with Crippen LogP contribution in [0.5, 0.6) is 5.75 Å². The molecule has 152 valence electrons. The Morgan fingerprint density at radius 3 is 2.83 bits per heavy atom. The third-order valence-electron chi connectivity index (χ3n) is 5.65. The Labute approximate surface area is 171 Å². The Bertz CT molecular complexity index is 928. The van der Waals surface area contributed by atoms with Gasteiger partial charge in [0.2, 0.25) is 11.7 Å². The van der Waals surface area contributed by atoms with Crippen LogP contribution in [-0.4, -0.2) is 47.0 Å². The summed E-state index contributed by atoms with van der Waals surface area (Å²) in [5, 5.41) is 14.4. The van der Waals surface area contributed by atoms with E-state index in [-0.39, 0.29) is 12.0 Å². The lowest BCUT2D eigenvalue weighted by Gasteiger charge is -2.41. The molecule has 6 nitrogen and oxygen atoms in total. The number of hydrogen-bond acceptors (Lipinski definition) is 6. The summed E-state index contributed by atoms with van der Waals surface area (Å²) >= 11 is 0. The number of ether oxygens (including phenoxy) is 1. The zero-order valence-electron chi connectivity index (χ0n) is 16.8. The second-order valence-corrected chi connectivity index (χ2v) is 7.88. The zero-order valence-corrected chi connectivity index (χ0v) is 16.8. The van der Waals surface area contributed by atoms with Crippen LogP contribution in [0.4, 0.5) is 0 Å². The predicted octanol–water partition coefficient (Wildman–Crippen LogP) is 3.56. The smallest absolute Gasteiger partial charge is 0.241 e. The van der Waals surface area contributed by atoms with Gasteiger partial charge in [-0.25, -0.2) is 0 Å². The summed E-state index contributed by atoms with van der Waals surface area (Å²) in [4.78, 5) is 6.86. The van der Waals surface area contributed by atoms with Crippen LogP contribution in [0.1, 0.15) is 24.3 Å². The molecule has 0 amide bonds. The summed E-state index contributed by atoms with van der Waals surface area (Å²) in [5.74, 6) is 2.07. The lowest BCUT2D eigenvalue weighted by molar-refractivity contribution is 0.0246. The minimum Gasteiger partial charge on any atom is -0.497 e. The normalized spacial score (nSPS) is 19.9. The molecule has 6 heteroatoms. The molecular formula is C23H27N3O3. The van der Waals surface area contributed by atoms with E-state index in [1.54, 1.807) is 7.11 Å². The van der Waals surface area contributed by atoms with Crippen molar-refractivity contribution in [2.24, 2.45) is 5.41 Å². The van der Waals surface area contributed by atoms with Gasteiger partial charge in [0.05, 0.1) is 20.3 Å². The first-order valence-electron chi connectivity index (χ1n) is 10.0. The highest BCUT2D eigenvalue weighted by Crippen LogP contribution is 2.34. The van der Waals surface area contributed by atoms with Gasteiger partial charge in [0.25, 0.3) is 0 Å². The van der Waals surface area contributed by atoms with Crippen LogP contribution in [0.3, 0.4) is 0 Å². The van der Waals surface area contributed by atoms with Crippen molar-refractivity contribution >= 4 is 0 Å². The summed E-state index contributed by atoms with van der Waals surface area (Å²) in [6.07, 6.45) is 2.84. The maximum Gasteiger partial charge on any atom is 0.241 e. The Hall–Kier alpha value is -2.70. The lowest BCUT2D eigenvalue weighted by atomic mass is 9.75. The van der Waals surface area contributed by atoms with Gasteiger partial charge < -0.3 is 14.4 Å². The molecule has 0 aliphatic carbocycles. The number of piperidine rings is 1. The number of benzene rings is 2. The summed E-state index contributed by atoms with van der Waals surface area (Å²) in [7, 11) is 1.68. The number of methoxy groups -OCH3 is 1. The topological polar surface area (TPSA) is 71.6 Å². The van der Waals surface area contributed by atoms with Crippen LogP contribution in [0.2, 0.25) is 0 Å². The predicted molar refractivity (Wildman–Crippen MR) is 110 cm³/mol. The zero-order chi connectivity index (χ0) is 20.1. The quantitative estimate of drug-likeness (QED) is 0.662. The van der Waals surface area contributed by atoms with Crippen LogP contribution in [0, 0.1) is 5.41 Å². The first kappa shape index (κ1) is 19.6. The van der Waals surface area contributed by atoms with Crippen molar-refractivity contribution in [3.05, 3.63) is 66.1 Å². The van der Waals surface area contributed by atoms with E-state index < -0.39 is 0 Å². The Balaban J connectivity index is 1.45. The molecule has 0 saturated carbocycles. The molecule has 0 spiro atoms. The first-order chi connectivity index (χ1) is 14.2. The molecule has 3 aromatic rings. The van der Waals surface area contributed by atoms with E-state index in [0.717, 1.165) is 43.7 Å². The van der Waals surface area contributed by atoms with Gasteiger partial charge >= 0.3 is 0 Å². The molecule has 0 bridgehead atoms. The van der Waals surface area contributed by atoms with Gasteiger partial charge in [0.15, 0.2) is 0 Å². The highest BCUT2D eigenvalue weighted by atomic mass is 16.5. The minimum absolute atomic E-state index is 0.153. The fourth-order valence-corrected chi connectivity index (χ4v) is 4.20. The molecule has 0 radical (unpaired) electrons.